The minimum Gasteiger partial charge on any atom is -0.475 e. The van der Waals surface area contributed by atoms with Crippen molar-refractivity contribution < 1.29 is 14.3 Å². The molecule has 4 nitrogen and oxygen atoms in total. The highest BCUT2D eigenvalue weighted by molar-refractivity contribution is 7.98. The first-order chi connectivity index (χ1) is 7.15. The van der Waals surface area contributed by atoms with Gasteiger partial charge in [0.25, 0.3) is 0 Å². The molecule has 1 unspecified atom stereocenters. The molecule has 0 amide bonds. The SMILES string of the molecule is CSCC(C)NCc1ccoc1C(=O)O. The minimum atomic E-state index is -1.02. The van der Waals surface area contributed by atoms with Crippen molar-refractivity contribution in [2.24, 2.45) is 0 Å². The molecular formula is C10H15NO3S. The van der Waals surface area contributed by atoms with E-state index >= 15 is 0 Å². The third-order valence-corrected chi connectivity index (χ3v) is 2.83. The van der Waals surface area contributed by atoms with Crippen molar-refractivity contribution in [3.8, 4) is 0 Å². The third kappa shape index (κ3) is 3.60. The lowest BCUT2D eigenvalue weighted by atomic mass is 10.2. The number of hydrogen-bond acceptors (Lipinski definition) is 4. The molecule has 0 aliphatic heterocycles. The number of carbonyl (C=O) groups is 1. The fourth-order valence-corrected chi connectivity index (χ4v) is 1.87. The predicted octanol–water partition coefficient (Wildman–Crippen LogP) is 1.82. The Morgan fingerprint density at radius 2 is 2.47 bits per heavy atom. The Kier molecular flexibility index (Phi) is 4.71. The number of carboxylic acid groups (broad SMARTS) is 1. The van der Waals surface area contributed by atoms with Crippen LogP contribution in [0.15, 0.2) is 16.7 Å². The molecule has 1 heterocycles. The Hall–Kier alpha value is -0.940. The Labute approximate surface area is 93.0 Å². The number of thioether (sulfide) groups is 1. The normalized spacial score (nSPS) is 12.7. The molecule has 1 aromatic rings. The molecule has 1 aromatic heterocycles. The molecule has 0 radical (unpaired) electrons. The van der Waals surface area contributed by atoms with E-state index < -0.39 is 5.97 Å². The summed E-state index contributed by atoms with van der Waals surface area (Å²) in [5, 5.41) is 12.0. The van der Waals surface area contributed by atoms with E-state index in [1.165, 1.54) is 6.26 Å². The van der Waals surface area contributed by atoms with Crippen LogP contribution in [0.2, 0.25) is 0 Å². The first-order valence-corrected chi connectivity index (χ1v) is 6.06. The number of rotatable bonds is 6. The maximum Gasteiger partial charge on any atom is 0.372 e. The van der Waals surface area contributed by atoms with Gasteiger partial charge in [0.15, 0.2) is 0 Å². The molecule has 0 saturated carbocycles. The quantitative estimate of drug-likeness (QED) is 0.779. The van der Waals surface area contributed by atoms with E-state index in [-0.39, 0.29) is 5.76 Å². The molecule has 0 saturated heterocycles. The topological polar surface area (TPSA) is 62.5 Å². The van der Waals surface area contributed by atoms with Crippen LogP contribution in [0.3, 0.4) is 0 Å². The average molecular weight is 229 g/mol. The third-order valence-electron chi connectivity index (χ3n) is 2.00. The summed E-state index contributed by atoms with van der Waals surface area (Å²) in [6.07, 6.45) is 3.44. The van der Waals surface area contributed by atoms with Crippen molar-refractivity contribution in [3.63, 3.8) is 0 Å². The number of nitrogens with one attached hydrogen (secondary N) is 1. The minimum absolute atomic E-state index is 0.0267. The monoisotopic (exact) mass is 229 g/mol. The summed E-state index contributed by atoms with van der Waals surface area (Å²) in [6, 6.07) is 2.04. The Morgan fingerprint density at radius 1 is 1.73 bits per heavy atom. The first-order valence-electron chi connectivity index (χ1n) is 4.67. The molecule has 84 valence electrons. The largest absolute Gasteiger partial charge is 0.475 e. The van der Waals surface area contributed by atoms with Crippen molar-refractivity contribution >= 4 is 17.7 Å². The fraction of sp³-hybridized carbons (Fsp3) is 0.500. The summed E-state index contributed by atoms with van der Waals surface area (Å²) in [7, 11) is 0. The van der Waals surface area contributed by atoms with E-state index in [4.69, 9.17) is 9.52 Å². The Balaban J connectivity index is 2.50. The average Bonchev–Trinajstić information content (AvgIpc) is 2.63. The van der Waals surface area contributed by atoms with Gasteiger partial charge < -0.3 is 14.8 Å². The van der Waals surface area contributed by atoms with Crippen LogP contribution in [-0.2, 0) is 6.54 Å². The highest BCUT2D eigenvalue weighted by Gasteiger charge is 2.13. The maximum absolute atomic E-state index is 10.7. The molecule has 1 atom stereocenters. The standard InChI is InChI=1S/C10H15NO3S/c1-7(6-15-2)11-5-8-3-4-14-9(8)10(12)13/h3-4,7,11H,5-6H2,1-2H3,(H,12,13). The van der Waals surface area contributed by atoms with E-state index in [9.17, 15) is 4.79 Å². The fourth-order valence-electron chi connectivity index (χ4n) is 1.26. The van der Waals surface area contributed by atoms with Gasteiger partial charge in [0, 0.05) is 23.9 Å². The van der Waals surface area contributed by atoms with Crippen LogP contribution in [0, 0.1) is 0 Å². The van der Waals surface area contributed by atoms with Crippen molar-refractivity contribution in [1.82, 2.24) is 5.32 Å². The molecule has 0 aromatic carbocycles. The molecule has 15 heavy (non-hydrogen) atoms. The van der Waals surface area contributed by atoms with E-state index in [0.29, 0.717) is 18.2 Å². The summed E-state index contributed by atoms with van der Waals surface area (Å²) < 4.78 is 4.87. The molecule has 1 rings (SSSR count). The molecule has 2 N–H and O–H groups in total. The van der Waals surface area contributed by atoms with E-state index in [1.807, 2.05) is 6.26 Å². The second-order valence-corrected chi connectivity index (χ2v) is 4.23. The van der Waals surface area contributed by atoms with Gasteiger partial charge in [-0.25, -0.2) is 4.79 Å². The van der Waals surface area contributed by atoms with Crippen molar-refractivity contribution in [2.75, 3.05) is 12.0 Å². The van der Waals surface area contributed by atoms with Crippen molar-refractivity contribution in [1.29, 1.82) is 0 Å². The first kappa shape index (κ1) is 12.1. The zero-order valence-electron chi connectivity index (χ0n) is 8.82. The summed E-state index contributed by atoms with van der Waals surface area (Å²) in [5.74, 6) is 0.00782. The van der Waals surface area contributed by atoms with Crippen LogP contribution in [0.5, 0.6) is 0 Å². The highest BCUT2D eigenvalue weighted by atomic mass is 32.2. The molecule has 5 heteroatoms. The van der Waals surface area contributed by atoms with Gasteiger partial charge in [-0.3, -0.25) is 0 Å². The van der Waals surface area contributed by atoms with Gasteiger partial charge in [-0.05, 0) is 19.2 Å². The molecule has 0 spiro atoms. The zero-order valence-corrected chi connectivity index (χ0v) is 9.63. The number of aromatic carboxylic acids is 1. The molecule has 0 aliphatic carbocycles. The molecule has 0 aliphatic rings. The van der Waals surface area contributed by atoms with Crippen LogP contribution in [0.4, 0.5) is 0 Å². The lowest BCUT2D eigenvalue weighted by molar-refractivity contribution is 0.0660. The molecular weight excluding hydrogens is 214 g/mol. The summed E-state index contributed by atoms with van der Waals surface area (Å²) in [5.41, 5.74) is 0.690. The van der Waals surface area contributed by atoms with Crippen LogP contribution in [-0.4, -0.2) is 29.1 Å². The van der Waals surface area contributed by atoms with Crippen molar-refractivity contribution in [2.45, 2.75) is 19.5 Å². The van der Waals surface area contributed by atoms with Crippen LogP contribution in [0.1, 0.15) is 23.0 Å². The lowest BCUT2D eigenvalue weighted by Crippen LogP contribution is -2.27. The van der Waals surface area contributed by atoms with Crippen LogP contribution < -0.4 is 5.32 Å². The predicted molar refractivity (Wildman–Crippen MR) is 60.4 cm³/mol. The van der Waals surface area contributed by atoms with Gasteiger partial charge in [-0.2, -0.15) is 11.8 Å². The van der Waals surface area contributed by atoms with Gasteiger partial charge >= 0.3 is 5.97 Å². The van der Waals surface area contributed by atoms with Gasteiger partial charge in [-0.1, -0.05) is 0 Å². The van der Waals surface area contributed by atoms with E-state index in [1.54, 1.807) is 17.8 Å². The van der Waals surface area contributed by atoms with E-state index in [2.05, 4.69) is 12.2 Å². The summed E-state index contributed by atoms with van der Waals surface area (Å²) >= 11 is 1.76. The number of furan rings is 1. The number of hydrogen-bond donors (Lipinski definition) is 2. The van der Waals surface area contributed by atoms with Gasteiger partial charge in [0.1, 0.15) is 0 Å². The molecule has 0 bridgehead atoms. The van der Waals surface area contributed by atoms with Gasteiger partial charge in [-0.15, -0.1) is 0 Å². The maximum atomic E-state index is 10.7. The van der Waals surface area contributed by atoms with Gasteiger partial charge in [0.2, 0.25) is 5.76 Å². The smallest absolute Gasteiger partial charge is 0.372 e. The lowest BCUT2D eigenvalue weighted by Gasteiger charge is -2.11. The van der Waals surface area contributed by atoms with Crippen LogP contribution >= 0.6 is 11.8 Å². The summed E-state index contributed by atoms with van der Waals surface area (Å²) in [6.45, 7) is 2.59. The second kappa shape index (κ2) is 5.82. The van der Waals surface area contributed by atoms with Crippen molar-refractivity contribution in [3.05, 3.63) is 23.7 Å². The molecule has 0 fully saturated rings. The summed E-state index contributed by atoms with van der Waals surface area (Å²) in [4.78, 5) is 10.7. The Bertz CT molecular complexity index is 324. The van der Waals surface area contributed by atoms with Crippen LogP contribution in [0.25, 0.3) is 0 Å². The van der Waals surface area contributed by atoms with E-state index in [0.717, 1.165) is 5.75 Å². The number of carboxylic acids is 1. The second-order valence-electron chi connectivity index (χ2n) is 3.32. The highest BCUT2D eigenvalue weighted by Crippen LogP contribution is 2.10. The zero-order chi connectivity index (χ0) is 11.3. The Morgan fingerprint density at radius 3 is 3.07 bits per heavy atom. The van der Waals surface area contributed by atoms with Gasteiger partial charge in [0.05, 0.1) is 6.26 Å².